The first-order chi connectivity index (χ1) is 13.6. The van der Waals surface area contributed by atoms with Crippen molar-refractivity contribution in [3.8, 4) is 0 Å². The van der Waals surface area contributed by atoms with Gasteiger partial charge >= 0.3 is 29.6 Å². The molecule has 0 aliphatic carbocycles. The average Bonchev–Trinajstić information content (AvgIpc) is 3.13. The number of benzene rings is 2. The van der Waals surface area contributed by atoms with Gasteiger partial charge in [0.1, 0.15) is 0 Å². The molecule has 0 amide bonds. The summed E-state index contributed by atoms with van der Waals surface area (Å²) in [7, 11) is -4.40. The molecule has 1 aliphatic heterocycles. The summed E-state index contributed by atoms with van der Waals surface area (Å²) in [4.78, 5) is 0.362. The summed E-state index contributed by atoms with van der Waals surface area (Å²) < 4.78 is 48.6. The molecule has 156 valence electrons. The van der Waals surface area contributed by atoms with Crippen molar-refractivity contribution < 1.29 is 50.9 Å². The number of nitrogens with zero attached hydrogens (tertiary/aromatic N) is 2. The predicted octanol–water partition coefficient (Wildman–Crippen LogP) is 0.505. The van der Waals surface area contributed by atoms with Gasteiger partial charge in [-0.3, -0.25) is 9.19 Å². The number of hydrazone groups is 1. The zero-order valence-electron chi connectivity index (χ0n) is 16.3. The molecule has 0 spiro atoms. The Labute approximate surface area is 210 Å². The van der Waals surface area contributed by atoms with Crippen molar-refractivity contribution in [1.82, 2.24) is 0 Å². The first kappa shape index (κ1) is 25.8. The van der Waals surface area contributed by atoms with Crippen LogP contribution in [0, 0.1) is 6.92 Å². The first-order valence-corrected chi connectivity index (χ1v) is 11.9. The predicted molar refractivity (Wildman–Crippen MR) is 113 cm³/mol. The van der Waals surface area contributed by atoms with E-state index >= 15 is 0 Å². The van der Waals surface area contributed by atoms with Gasteiger partial charge in [-0.1, -0.05) is 23.2 Å². The first-order valence-electron chi connectivity index (χ1n) is 8.54. The maximum atomic E-state index is 12.0. The summed E-state index contributed by atoms with van der Waals surface area (Å²) in [5.74, 6) is -0.726. The third kappa shape index (κ3) is 6.75. The van der Waals surface area contributed by atoms with Crippen molar-refractivity contribution in [2.24, 2.45) is 5.10 Å². The summed E-state index contributed by atoms with van der Waals surface area (Å²) in [6.07, 6.45) is 0.735. The van der Waals surface area contributed by atoms with E-state index < -0.39 is 33.6 Å². The molecule has 0 fully saturated rings. The van der Waals surface area contributed by atoms with Gasteiger partial charge in [-0.25, -0.2) is 12.6 Å². The zero-order chi connectivity index (χ0) is 21.2. The molecule has 0 bridgehead atoms. The van der Waals surface area contributed by atoms with Crippen molar-refractivity contribution in [2.45, 2.75) is 18.2 Å². The minimum absolute atomic E-state index is 0. The molecule has 2 aromatic carbocycles. The Kier molecular flexibility index (Phi) is 9.35. The van der Waals surface area contributed by atoms with E-state index in [0.717, 1.165) is 28.9 Å². The van der Waals surface area contributed by atoms with Crippen LogP contribution in [0.4, 0.5) is 5.69 Å². The smallest absolute Gasteiger partial charge is 0.748 e. The third-order valence-corrected chi connectivity index (χ3v) is 6.66. The molecule has 30 heavy (non-hydrogen) atoms. The van der Waals surface area contributed by atoms with Crippen molar-refractivity contribution in [1.29, 1.82) is 0 Å². The van der Waals surface area contributed by atoms with Crippen LogP contribution in [0.3, 0.4) is 0 Å². The Balaban J connectivity index is 0.00000320. The van der Waals surface area contributed by atoms with Crippen molar-refractivity contribution >= 4 is 55.8 Å². The molecule has 0 saturated carbocycles. The minimum Gasteiger partial charge on any atom is -0.748 e. The quantitative estimate of drug-likeness (QED) is 0.407. The monoisotopic (exact) mass is 498 g/mol. The molecule has 1 unspecified atom stereocenters. The molecular formula is C18H17Cl2N2NaO5S2. The van der Waals surface area contributed by atoms with Crippen LogP contribution in [0.2, 0.25) is 10.0 Å². The number of halogens is 2. The molecule has 2 aromatic rings. The second-order valence-electron chi connectivity index (χ2n) is 6.31. The largest absolute Gasteiger partial charge is 1.00 e. The second kappa shape index (κ2) is 10.9. The van der Waals surface area contributed by atoms with Crippen LogP contribution in [0.5, 0.6) is 0 Å². The molecule has 0 radical (unpaired) electrons. The van der Waals surface area contributed by atoms with Crippen molar-refractivity contribution in [3.05, 3.63) is 57.6 Å². The molecule has 3 rings (SSSR count). The normalized spacial score (nSPS) is 14.9. The van der Waals surface area contributed by atoms with Gasteiger partial charge < -0.3 is 4.55 Å². The fourth-order valence-electron chi connectivity index (χ4n) is 2.80. The van der Waals surface area contributed by atoms with E-state index in [2.05, 4.69) is 5.10 Å². The molecule has 0 N–H and O–H groups in total. The fraction of sp³-hybridized carbons (Fsp3) is 0.278. The molecule has 1 atom stereocenters. The van der Waals surface area contributed by atoms with E-state index in [1.54, 1.807) is 24.3 Å². The summed E-state index contributed by atoms with van der Waals surface area (Å²) >= 11 is 10.3. The summed E-state index contributed by atoms with van der Waals surface area (Å²) in [5, 5.41) is 7.46. The van der Waals surface area contributed by atoms with Gasteiger partial charge in [0.25, 0.3) is 0 Å². The van der Waals surface area contributed by atoms with Gasteiger partial charge in [0.2, 0.25) is 0 Å². The third-order valence-electron chi connectivity index (χ3n) is 4.23. The van der Waals surface area contributed by atoms with Crippen LogP contribution in [0.25, 0.3) is 0 Å². The second-order valence-corrected chi connectivity index (χ2v) is 9.83. The van der Waals surface area contributed by atoms with Gasteiger partial charge in [-0.15, -0.1) is 0 Å². The van der Waals surface area contributed by atoms with Gasteiger partial charge in [-0.2, -0.15) is 5.10 Å². The number of rotatable bonds is 7. The number of anilines is 1. The Hall–Kier alpha value is -0.490. The topological polar surface area (TPSA) is 99.1 Å². The van der Waals surface area contributed by atoms with Gasteiger partial charge in [0.05, 0.1) is 48.8 Å². The van der Waals surface area contributed by atoms with E-state index in [1.165, 1.54) is 0 Å². The summed E-state index contributed by atoms with van der Waals surface area (Å²) in [6, 6.07) is 10.3. The van der Waals surface area contributed by atoms with E-state index in [1.807, 2.05) is 24.1 Å². The van der Waals surface area contributed by atoms with E-state index in [9.17, 15) is 17.2 Å². The minimum atomic E-state index is -4.40. The Morgan fingerprint density at radius 1 is 1.20 bits per heavy atom. The van der Waals surface area contributed by atoms with Gasteiger partial charge in [0, 0.05) is 18.5 Å². The van der Waals surface area contributed by atoms with Crippen LogP contribution in [0.1, 0.15) is 17.5 Å². The number of hydrogen-bond acceptors (Lipinski definition) is 7. The summed E-state index contributed by atoms with van der Waals surface area (Å²) in [5.41, 5.74) is 3.64. The Morgan fingerprint density at radius 2 is 1.83 bits per heavy atom. The van der Waals surface area contributed by atoms with Crippen LogP contribution in [0.15, 0.2) is 46.4 Å². The van der Waals surface area contributed by atoms with Crippen LogP contribution in [-0.2, 0) is 25.4 Å². The summed E-state index contributed by atoms with van der Waals surface area (Å²) in [6.45, 7) is 2.20. The molecule has 7 nitrogen and oxygen atoms in total. The molecule has 12 heteroatoms. The van der Waals surface area contributed by atoms with Gasteiger partial charge in [0.15, 0.2) is 11.1 Å². The molecule has 0 saturated heterocycles. The Bertz CT molecular complexity index is 1080. The van der Waals surface area contributed by atoms with Crippen molar-refractivity contribution in [2.75, 3.05) is 23.9 Å². The van der Waals surface area contributed by atoms with E-state index in [4.69, 9.17) is 27.4 Å². The molecule has 0 aromatic heterocycles. The average molecular weight is 499 g/mol. The van der Waals surface area contributed by atoms with Crippen LogP contribution in [-0.4, -0.2) is 41.8 Å². The van der Waals surface area contributed by atoms with Crippen molar-refractivity contribution in [3.63, 3.8) is 0 Å². The van der Waals surface area contributed by atoms with Crippen LogP contribution < -0.4 is 34.6 Å². The maximum absolute atomic E-state index is 12.0. The van der Waals surface area contributed by atoms with Gasteiger partial charge in [-0.05, 0) is 48.9 Å². The fourth-order valence-corrected chi connectivity index (χ4v) is 4.30. The molecule has 1 aliphatic rings. The Morgan fingerprint density at radius 3 is 2.47 bits per heavy atom. The van der Waals surface area contributed by atoms with E-state index in [0.29, 0.717) is 21.5 Å². The molecular weight excluding hydrogens is 482 g/mol. The molecule has 1 heterocycles. The number of aryl methyl sites for hydroxylation is 1. The SMILES string of the molecule is Cc1cc(Cl)c(Cl)cc1C1=NN(c2ccc(S(=O)OCCS(=O)(=O)[O-])cc2)CC1.[Na+]. The maximum Gasteiger partial charge on any atom is 1.00 e. The standard InChI is InChI=1S/C18H18Cl2N2O5S2.Na/c1-12-10-16(19)17(20)11-15(12)18-6-7-22(21-18)13-2-4-14(5-3-13)28(23)27-8-9-29(24,25)26;/h2-5,10-11H,6-9H2,1H3,(H,24,25,26);/q;+1/p-1. The zero-order valence-corrected chi connectivity index (χ0v) is 21.4. The van der Waals surface area contributed by atoms with E-state index in [-0.39, 0.29) is 29.6 Å². The number of hydrogen-bond donors (Lipinski definition) is 0. The van der Waals surface area contributed by atoms with Crippen LogP contribution >= 0.6 is 23.2 Å².